The summed E-state index contributed by atoms with van der Waals surface area (Å²) in [6.07, 6.45) is 0. The van der Waals surface area contributed by atoms with Gasteiger partial charge in [0.15, 0.2) is 6.61 Å². The highest BCUT2D eigenvalue weighted by atomic mass is 32.2. The summed E-state index contributed by atoms with van der Waals surface area (Å²) in [4.78, 5) is 12.2. The highest BCUT2D eigenvalue weighted by Gasteiger charge is 2.11. The van der Waals surface area contributed by atoms with E-state index in [1.807, 2.05) is 48.5 Å². The van der Waals surface area contributed by atoms with E-state index in [1.54, 1.807) is 0 Å². The second-order valence-electron chi connectivity index (χ2n) is 7.59. The van der Waals surface area contributed by atoms with E-state index in [9.17, 15) is 4.79 Å². The summed E-state index contributed by atoms with van der Waals surface area (Å²) in [6.45, 7) is 8.75. The number of hydrogen-bond acceptors (Lipinski definition) is 6. The topological polar surface area (TPSA) is 77.2 Å². The Kier molecular flexibility index (Phi) is 7.52. The first-order chi connectivity index (χ1) is 14.4. The minimum Gasteiger partial charge on any atom is -0.484 e. The fourth-order valence-corrected chi connectivity index (χ4v) is 3.31. The lowest BCUT2D eigenvalue weighted by Gasteiger charge is -2.08. The van der Waals surface area contributed by atoms with E-state index in [0.717, 1.165) is 11.4 Å². The minimum absolute atomic E-state index is 0.126. The van der Waals surface area contributed by atoms with Gasteiger partial charge in [0.1, 0.15) is 5.75 Å². The molecule has 0 radical (unpaired) electrons. The van der Waals surface area contributed by atoms with Crippen molar-refractivity contribution in [1.29, 1.82) is 0 Å². The molecule has 6 nitrogen and oxygen atoms in total. The molecule has 30 heavy (non-hydrogen) atoms. The molecule has 0 aliphatic heterocycles. The standard InChI is InChI=1S/C23H27N3O3S/c1-15(2)17-5-9-19(10-6-17)24-21(27)14-30-23-26-25-22(29-23)13-28-20-11-7-18(8-12-20)16(3)4/h5-12,15-16H,13-14H2,1-4H3,(H,24,27). The summed E-state index contributed by atoms with van der Waals surface area (Å²) in [5, 5.41) is 11.1. The number of amides is 1. The zero-order valence-corrected chi connectivity index (χ0v) is 18.5. The highest BCUT2D eigenvalue weighted by molar-refractivity contribution is 7.99. The van der Waals surface area contributed by atoms with Gasteiger partial charge in [0, 0.05) is 5.69 Å². The summed E-state index contributed by atoms with van der Waals surface area (Å²) in [5.41, 5.74) is 3.26. The van der Waals surface area contributed by atoms with Gasteiger partial charge in [-0.2, -0.15) is 0 Å². The van der Waals surface area contributed by atoms with Crippen molar-refractivity contribution in [3.05, 3.63) is 65.5 Å². The average molecular weight is 426 g/mol. The third-order valence-electron chi connectivity index (χ3n) is 4.55. The number of anilines is 1. The number of thioether (sulfide) groups is 1. The molecule has 0 fully saturated rings. The maximum absolute atomic E-state index is 12.2. The van der Waals surface area contributed by atoms with Crippen LogP contribution >= 0.6 is 11.8 Å². The van der Waals surface area contributed by atoms with Gasteiger partial charge in [-0.25, -0.2) is 0 Å². The highest BCUT2D eigenvalue weighted by Crippen LogP contribution is 2.21. The number of nitrogens with one attached hydrogen (secondary N) is 1. The molecule has 0 aliphatic rings. The van der Waals surface area contributed by atoms with Crippen molar-refractivity contribution < 1.29 is 13.9 Å². The molecule has 1 aromatic heterocycles. The van der Waals surface area contributed by atoms with Crippen LogP contribution in [0.1, 0.15) is 56.5 Å². The first kappa shape index (κ1) is 21.9. The van der Waals surface area contributed by atoms with E-state index in [-0.39, 0.29) is 18.3 Å². The SMILES string of the molecule is CC(C)c1ccc(NC(=O)CSc2nnc(COc3ccc(C(C)C)cc3)o2)cc1. The molecule has 0 bridgehead atoms. The summed E-state index contributed by atoms with van der Waals surface area (Å²) in [5.74, 6) is 2.11. The lowest BCUT2D eigenvalue weighted by molar-refractivity contribution is -0.113. The Balaban J connectivity index is 1.44. The summed E-state index contributed by atoms with van der Waals surface area (Å²) < 4.78 is 11.2. The van der Waals surface area contributed by atoms with E-state index in [0.29, 0.717) is 22.9 Å². The first-order valence-corrected chi connectivity index (χ1v) is 11.0. The molecule has 3 aromatic rings. The number of ether oxygens (including phenoxy) is 1. The van der Waals surface area contributed by atoms with Crippen LogP contribution in [0.2, 0.25) is 0 Å². The maximum atomic E-state index is 12.2. The van der Waals surface area contributed by atoms with Crippen molar-refractivity contribution in [2.75, 3.05) is 11.1 Å². The van der Waals surface area contributed by atoms with Crippen LogP contribution in [0.3, 0.4) is 0 Å². The Morgan fingerprint density at radius 1 is 0.967 bits per heavy atom. The van der Waals surface area contributed by atoms with Gasteiger partial charge in [-0.3, -0.25) is 4.79 Å². The monoisotopic (exact) mass is 425 g/mol. The van der Waals surface area contributed by atoms with Gasteiger partial charge in [0.25, 0.3) is 11.1 Å². The predicted molar refractivity (Wildman–Crippen MR) is 119 cm³/mol. The van der Waals surface area contributed by atoms with E-state index in [4.69, 9.17) is 9.15 Å². The molecular weight excluding hydrogens is 398 g/mol. The number of carbonyl (C=O) groups is 1. The number of nitrogens with zero attached hydrogens (tertiary/aromatic N) is 2. The molecule has 1 amide bonds. The number of rotatable bonds is 9. The number of carbonyl (C=O) groups excluding carboxylic acids is 1. The first-order valence-electron chi connectivity index (χ1n) is 9.98. The third kappa shape index (κ3) is 6.35. The van der Waals surface area contributed by atoms with Crippen LogP contribution in [0.25, 0.3) is 0 Å². The quantitative estimate of drug-likeness (QED) is 0.448. The molecule has 1 N–H and O–H groups in total. The van der Waals surface area contributed by atoms with Crippen LogP contribution in [-0.2, 0) is 11.4 Å². The van der Waals surface area contributed by atoms with Crippen LogP contribution in [-0.4, -0.2) is 21.9 Å². The summed E-state index contributed by atoms with van der Waals surface area (Å²) >= 11 is 1.20. The molecule has 0 spiro atoms. The summed E-state index contributed by atoms with van der Waals surface area (Å²) in [6, 6.07) is 15.8. The van der Waals surface area contributed by atoms with Crippen molar-refractivity contribution in [2.24, 2.45) is 0 Å². The van der Waals surface area contributed by atoms with Gasteiger partial charge in [0.2, 0.25) is 5.91 Å². The Morgan fingerprint density at radius 2 is 1.57 bits per heavy atom. The maximum Gasteiger partial charge on any atom is 0.277 e. The Bertz CT molecular complexity index is 951. The molecular formula is C23H27N3O3S. The van der Waals surface area contributed by atoms with E-state index < -0.39 is 0 Å². The molecule has 2 aromatic carbocycles. The number of hydrogen-bond donors (Lipinski definition) is 1. The third-order valence-corrected chi connectivity index (χ3v) is 5.36. The lowest BCUT2D eigenvalue weighted by Crippen LogP contribution is -2.14. The van der Waals surface area contributed by atoms with Crippen molar-refractivity contribution in [2.45, 2.75) is 51.4 Å². The van der Waals surface area contributed by atoms with Crippen molar-refractivity contribution >= 4 is 23.4 Å². The Labute approximate surface area is 181 Å². The predicted octanol–water partition coefficient (Wildman–Crippen LogP) is 5.63. The smallest absolute Gasteiger partial charge is 0.277 e. The largest absolute Gasteiger partial charge is 0.484 e. The van der Waals surface area contributed by atoms with Crippen molar-refractivity contribution in [3.8, 4) is 5.75 Å². The molecule has 1 heterocycles. The van der Waals surface area contributed by atoms with Crippen LogP contribution in [0.5, 0.6) is 5.75 Å². The zero-order chi connectivity index (χ0) is 21.5. The average Bonchev–Trinajstić information content (AvgIpc) is 3.19. The fraction of sp³-hybridized carbons (Fsp3) is 0.348. The van der Waals surface area contributed by atoms with E-state index >= 15 is 0 Å². The minimum atomic E-state index is -0.126. The van der Waals surface area contributed by atoms with Gasteiger partial charge in [-0.15, -0.1) is 10.2 Å². The molecule has 0 aliphatic carbocycles. The molecule has 0 saturated carbocycles. The Hall–Kier alpha value is -2.80. The zero-order valence-electron chi connectivity index (χ0n) is 17.7. The molecule has 3 rings (SSSR count). The van der Waals surface area contributed by atoms with Crippen LogP contribution in [0.15, 0.2) is 58.2 Å². The molecule has 0 unspecified atom stereocenters. The fourth-order valence-electron chi connectivity index (χ4n) is 2.72. The van der Waals surface area contributed by atoms with Gasteiger partial charge >= 0.3 is 0 Å². The van der Waals surface area contributed by atoms with Gasteiger partial charge < -0.3 is 14.5 Å². The normalized spacial score (nSPS) is 11.1. The van der Waals surface area contributed by atoms with Crippen LogP contribution in [0, 0.1) is 0 Å². The van der Waals surface area contributed by atoms with Gasteiger partial charge in [-0.1, -0.05) is 63.7 Å². The number of aromatic nitrogens is 2. The molecule has 0 atom stereocenters. The van der Waals surface area contributed by atoms with Gasteiger partial charge in [-0.05, 0) is 47.2 Å². The second kappa shape index (κ2) is 10.3. The number of benzene rings is 2. The van der Waals surface area contributed by atoms with Crippen LogP contribution < -0.4 is 10.1 Å². The van der Waals surface area contributed by atoms with Crippen LogP contribution in [0.4, 0.5) is 5.69 Å². The lowest BCUT2D eigenvalue weighted by atomic mass is 10.0. The van der Waals surface area contributed by atoms with Crippen molar-refractivity contribution in [1.82, 2.24) is 10.2 Å². The van der Waals surface area contributed by atoms with E-state index in [1.165, 1.54) is 22.9 Å². The molecule has 7 heteroatoms. The van der Waals surface area contributed by atoms with Gasteiger partial charge in [0.05, 0.1) is 5.75 Å². The van der Waals surface area contributed by atoms with E-state index in [2.05, 4.69) is 43.2 Å². The summed E-state index contributed by atoms with van der Waals surface area (Å²) in [7, 11) is 0. The Morgan fingerprint density at radius 3 is 2.17 bits per heavy atom. The molecule has 158 valence electrons. The molecule has 0 saturated heterocycles. The second-order valence-corrected chi connectivity index (χ2v) is 8.51. The van der Waals surface area contributed by atoms with Crippen molar-refractivity contribution in [3.63, 3.8) is 0 Å².